The van der Waals surface area contributed by atoms with Crippen molar-refractivity contribution in [1.82, 2.24) is 14.4 Å². The summed E-state index contributed by atoms with van der Waals surface area (Å²) in [6, 6.07) is 17.7. The molecule has 178 valence electrons. The molecule has 0 aliphatic heterocycles. The maximum absolute atomic E-state index is 13.5. The van der Waals surface area contributed by atoms with Crippen molar-refractivity contribution >= 4 is 17.5 Å². The Morgan fingerprint density at radius 1 is 1.03 bits per heavy atom. The van der Waals surface area contributed by atoms with E-state index in [0.717, 1.165) is 11.3 Å². The monoisotopic (exact) mass is 462 g/mol. The van der Waals surface area contributed by atoms with Crippen LogP contribution in [0.15, 0.2) is 66.9 Å². The summed E-state index contributed by atoms with van der Waals surface area (Å²) in [6.45, 7) is 5.95. The van der Waals surface area contributed by atoms with Crippen molar-refractivity contribution in [2.75, 3.05) is 6.54 Å². The molecule has 8 heteroatoms. The fraction of sp³-hybridized carbons (Fsp3) is 0.308. The summed E-state index contributed by atoms with van der Waals surface area (Å²) in [7, 11) is 1.93. The Morgan fingerprint density at radius 2 is 1.74 bits per heavy atom. The molecule has 0 unspecified atom stereocenters. The van der Waals surface area contributed by atoms with Gasteiger partial charge in [-0.25, -0.2) is 0 Å². The van der Waals surface area contributed by atoms with Gasteiger partial charge in [0.05, 0.1) is 11.5 Å². The fourth-order valence-electron chi connectivity index (χ4n) is 3.73. The highest BCUT2D eigenvalue weighted by Gasteiger charge is 2.26. The highest BCUT2D eigenvalue weighted by molar-refractivity contribution is 5.97. The summed E-state index contributed by atoms with van der Waals surface area (Å²) in [5.41, 5.74) is 2.51. The molecule has 0 fully saturated rings. The van der Waals surface area contributed by atoms with Gasteiger partial charge in [0, 0.05) is 48.7 Å². The van der Waals surface area contributed by atoms with E-state index in [9.17, 15) is 19.7 Å². The van der Waals surface area contributed by atoms with Crippen LogP contribution in [0.1, 0.15) is 41.0 Å². The fourth-order valence-corrected chi connectivity index (χ4v) is 3.73. The van der Waals surface area contributed by atoms with Crippen LogP contribution >= 0.6 is 0 Å². The molecule has 3 rings (SSSR count). The number of carbonyl (C=O) groups excluding carboxylic acids is 2. The van der Waals surface area contributed by atoms with Crippen LogP contribution in [0.25, 0.3) is 0 Å². The molecule has 0 radical (unpaired) electrons. The van der Waals surface area contributed by atoms with Crippen molar-refractivity contribution in [2.24, 2.45) is 7.05 Å². The molecule has 0 atom stereocenters. The Hall–Kier alpha value is -3.94. The number of nitro groups is 1. The van der Waals surface area contributed by atoms with Gasteiger partial charge in [0.25, 0.3) is 11.6 Å². The lowest BCUT2D eigenvalue weighted by Gasteiger charge is -2.30. The third kappa shape index (κ3) is 5.89. The molecule has 34 heavy (non-hydrogen) atoms. The Morgan fingerprint density at radius 3 is 2.32 bits per heavy atom. The van der Waals surface area contributed by atoms with Crippen molar-refractivity contribution in [3.63, 3.8) is 0 Å². The first-order chi connectivity index (χ1) is 16.2. The molecule has 3 aromatic rings. The molecule has 0 aliphatic rings. The third-order valence-electron chi connectivity index (χ3n) is 5.82. The van der Waals surface area contributed by atoms with Gasteiger partial charge in [-0.15, -0.1) is 0 Å². The largest absolute Gasteiger partial charge is 0.353 e. The molecule has 0 aliphatic carbocycles. The molecule has 1 aromatic heterocycles. The van der Waals surface area contributed by atoms with E-state index in [1.54, 1.807) is 24.0 Å². The zero-order chi connectivity index (χ0) is 24.8. The van der Waals surface area contributed by atoms with E-state index in [2.05, 4.69) is 0 Å². The van der Waals surface area contributed by atoms with Gasteiger partial charge in [0.1, 0.15) is 6.54 Å². The van der Waals surface area contributed by atoms with Crippen LogP contribution in [-0.2, 0) is 24.9 Å². The van der Waals surface area contributed by atoms with Crippen LogP contribution in [0.4, 0.5) is 5.69 Å². The molecule has 0 saturated carbocycles. The second-order valence-corrected chi connectivity index (χ2v) is 8.63. The second-order valence-electron chi connectivity index (χ2n) is 8.63. The number of carbonyl (C=O) groups is 2. The van der Waals surface area contributed by atoms with E-state index in [0.29, 0.717) is 18.7 Å². The number of rotatable bonds is 9. The van der Waals surface area contributed by atoms with Gasteiger partial charge in [0.15, 0.2) is 0 Å². The minimum atomic E-state index is -0.502. The van der Waals surface area contributed by atoms with E-state index in [-0.39, 0.29) is 29.7 Å². The van der Waals surface area contributed by atoms with Crippen molar-refractivity contribution in [2.45, 2.75) is 39.9 Å². The maximum Gasteiger partial charge on any atom is 0.273 e. The van der Waals surface area contributed by atoms with Crippen LogP contribution in [0.5, 0.6) is 0 Å². The molecule has 8 nitrogen and oxygen atoms in total. The van der Waals surface area contributed by atoms with E-state index >= 15 is 0 Å². The van der Waals surface area contributed by atoms with Crippen molar-refractivity contribution < 1.29 is 14.5 Å². The summed E-state index contributed by atoms with van der Waals surface area (Å²) < 4.78 is 1.96. The van der Waals surface area contributed by atoms with Gasteiger partial charge in [-0.3, -0.25) is 19.7 Å². The average molecular weight is 463 g/mol. The zero-order valence-corrected chi connectivity index (χ0v) is 20.0. The SMILES string of the molecule is Cc1ccc(C(=O)N(CC(=O)N(Cc2ccccc2)Cc2cccn2C)C(C)C)cc1[N+](=O)[O-]. The Bertz CT molecular complexity index is 1170. The first-order valence-electron chi connectivity index (χ1n) is 11.1. The molecule has 0 spiro atoms. The van der Waals surface area contributed by atoms with Gasteiger partial charge < -0.3 is 14.4 Å². The maximum atomic E-state index is 13.5. The number of aryl methyl sites for hydroxylation is 2. The molecule has 2 amide bonds. The first-order valence-corrected chi connectivity index (χ1v) is 11.1. The predicted molar refractivity (Wildman–Crippen MR) is 130 cm³/mol. The highest BCUT2D eigenvalue weighted by Crippen LogP contribution is 2.21. The Labute approximate surface area is 199 Å². The molecule has 1 heterocycles. The number of nitro benzene ring substituents is 1. The average Bonchev–Trinajstić information content (AvgIpc) is 3.21. The van der Waals surface area contributed by atoms with Crippen LogP contribution in [0.3, 0.4) is 0 Å². The minimum Gasteiger partial charge on any atom is -0.353 e. The van der Waals surface area contributed by atoms with Crippen LogP contribution < -0.4 is 0 Å². The standard InChI is InChI=1S/C26H30N4O4/c1-19(2)29(26(32)22-13-12-20(3)24(15-22)30(33)34)18-25(31)28(16-21-9-6-5-7-10-21)17-23-11-8-14-27(23)4/h5-15,19H,16-18H2,1-4H3. The Kier molecular flexibility index (Phi) is 7.83. The molecular weight excluding hydrogens is 432 g/mol. The normalized spacial score (nSPS) is 10.9. The summed E-state index contributed by atoms with van der Waals surface area (Å²) >= 11 is 0. The van der Waals surface area contributed by atoms with Crippen molar-refractivity contribution in [1.29, 1.82) is 0 Å². The summed E-state index contributed by atoms with van der Waals surface area (Å²) in [4.78, 5) is 40.8. The number of benzene rings is 2. The van der Waals surface area contributed by atoms with E-state index in [1.165, 1.54) is 11.0 Å². The zero-order valence-electron chi connectivity index (χ0n) is 20.0. The number of hydrogen-bond acceptors (Lipinski definition) is 4. The van der Waals surface area contributed by atoms with Crippen LogP contribution in [-0.4, -0.2) is 43.7 Å². The molecule has 0 N–H and O–H groups in total. The smallest absolute Gasteiger partial charge is 0.273 e. The lowest BCUT2D eigenvalue weighted by atomic mass is 10.1. The summed E-state index contributed by atoms with van der Waals surface area (Å²) in [6.07, 6.45) is 1.93. The van der Waals surface area contributed by atoms with Crippen LogP contribution in [0.2, 0.25) is 0 Å². The van der Waals surface area contributed by atoms with Crippen LogP contribution in [0, 0.1) is 17.0 Å². The summed E-state index contributed by atoms with van der Waals surface area (Å²) in [5, 5.41) is 11.3. The van der Waals surface area contributed by atoms with Crippen molar-refractivity contribution in [3.05, 3.63) is 99.4 Å². The third-order valence-corrected chi connectivity index (χ3v) is 5.82. The minimum absolute atomic E-state index is 0.115. The van der Waals surface area contributed by atoms with Gasteiger partial charge in [-0.2, -0.15) is 0 Å². The molecule has 0 saturated heterocycles. The van der Waals surface area contributed by atoms with Gasteiger partial charge in [-0.1, -0.05) is 36.4 Å². The molecule has 2 aromatic carbocycles. The number of aromatic nitrogens is 1. The number of nitrogens with zero attached hydrogens (tertiary/aromatic N) is 4. The first kappa shape index (κ1) is 24.7. The molecule has 0 bridgehead atoms. The second kappa shape index (κ2) is 10.8. The Balaban J connectivity index is 1.85. The highest BCUT2D eigenvalue weighted by atomic mass is 16.6. The van der Waals surface area contributed by atoms with E-state index < -0.39 is 10.8 Å². The van der Waals surface area contributed by atoms with E-state index in [1.807, 2.05) is 74.1 Å². The topological polar surface area (TPSA) is 88.7 Å². The number of amides is 2. The molecular formula is C26H30N4O4. The lowest BCUT2D eigenvalue weighted by molar-refractivity contribution is -0.385. The van der Waals surface area contributed by atoms with Gasteiger partial charge in [0.2, 0.25) is 5.91 Å². The predicted octanol–water partition coefficient (Wildman–Crippen LogP) is 4.32. The van der Waals surface area contributed by atoms with Gasteiger partial charge in [-0.05, 0) is 44.5 Å². The number of hydrogen-bond donors (Lipinski definition) is 0. The van der Waals surface area contributed by atoms with Crippen molar-refractivity contribution in [3.8, 4) is 0 Å². The summed E-state index contributed by atoms with van der Waals surface area (Å²) in [5.74, 6) is -0.612. The quantitative estimate of drug-likeness (QED) is 0.350. The van der Waals surface area contributed by atoms with E-state index in [4.69, 9.17) is 0 Å². The lowest BCUT2D eigenvalue weighted by Crippen LogP contribution is -2.45. The van der Waals surface area contributed by atoms with Gasteiger partial charge >= 0.3 is 0 Å².